The third-order valence-electron chi connectivity index (χ3n) is 6.93. The molecular weight excluding hydrogens is 438 g/mol. The number of benzene rings is 1. The number of ether oxygens (including phenoxy) is 1. The van der Waals surface area contributed by atoms with Crippen LogP contribution in [0.2, 0.25) is 0 Å². The van der Waals surface area contributed by atoms with Gasteiger partial charge in [-0.25, -0.2) is 0 Å². The first kappa shape index (κ1) is 28.8. The Hall–Kier alpha value is -2.43. The molecule has 1 heterocycles. The predicted molar refractivity (Wildman–Crippen MR) is 141 cm³/mol. The normalized spacial score (nSPS) is 18.6. The van der Waals surface area contributed by atoms with Gasteiger partial charge in [-0.05, 0) is 49.5 Å². The predicted octanol–water partition coefficient (Wildman–Crippen LogP) is 6.01. The number of Topliss-reactive ketones (excluding diaryl/α,β-unsaturated/α-hetero) is 1. The number of allylic oxidation sites excluding steroid dienone is 1. The van der Waals surface area contributed by atoms with E-state index in [0.29, 0.717) is 37.6 Å². The maximum atomic E-state index is 13.8. The number of rotatable bonds is 14. The average molecular weight is 484 g/mol. The van der Waals surface area contributed by atoms with Crippen LogP contribution in [0.4, 0.5) is 0 Å². The Morgan fingerprint density at radius 3 is 2.46 bits per heavy atom. The van der Waals surface area contributed by atoms with Gasteiger partial charge in [0.25, 0.3) is 0 Å². The molecule has 1 aromatic rings. The van der Waals surface area contributed by atoms with Gasteiger partial charge in [-0.1, -0.05) is 83.0 Å². The summed E-state index contributed by atoms with van der Waals surface area (Å²) in [5.41, 5.74) is 1.11. The summed E-state index contributed by atoms with van der Waals surface area (Å²) in [5.74, 6) is -0.0882. The molecule has 1 fully saturated rings. The molecule has 5 nitrogen and oxygen atoms in total. The summed E-state index contributed by atoms with van der Waals surface area (Å²) in [5, 5.41) is 0. The van der Waals surface area contributed by atoms with E-state index in [-0.39, 0.29) is 30.0 Å². The molecule has 0 bridgehead atoms. The first-order valence-corrected chi connectivity index (χ1v) is 13.4. The van der Waals surface area contributed by atoms with Gasteiger partial charge < -0.3 is 9.64 Å². The molecule has 0 aliphatic carbocycles. The highest BCUT2D eigenvalue weighted by Crippen LogP contribution is 2.27. The van der Waals surface area contributed by atoms with Crippen molar-refractivity contribution < 1.29 is 19.1 Å². The Labute approximate surface area is 212 Å². The van der Waals surface area contributed by atoms with E-state index in [1.54, 1.807) is 4.90 Å². The van der Waals surface area contributed by atoms with Crippen molar-refractivity contribution in [1.82, 2.24) is 4.90 Å². The Morgan fingerprint density at radius 2 is 1.83 bits per heavy atom. The molecule has 194 valence electrons. The Morgan fingerprint density at radius 1 is 1.11 bits per heavy atom. The number of esters is 1. The minimum atomic E-state index is -0.448. The number of hydrogen-bond donors (Lipinski definition) is 0. The molecule has 1 aliphatic heterocycles. The van der Waals surface area contributed by atoms with Crippen molar-refractivity contribution >= 4 is 17.7 Å². The lowest BCUT2D eigenvalue weighted by Gasteiger charge is -2.28. The molecule has 0 N–H and O–H groups in total. The van der Waals surface area contributed by atoms with Crippen molar-refractivity contribution in [3.05, 3.63) is 48.0 Å². The highest BCUT2D eigenvalue weighted by atomic mass is 16.5. The van der Waals surface area contributed by atoms with Crippen LogP contribution < -0.4 is 0 Å². The van der Waals surface area contributed by atoms with E-state index in [9.17, 15) is 14.4 Å². The number of unbranched alkanes of at least 4 members (excludes halogenated alkanes) is 1. The highest BCUT2D eigenvalue weighted by Gasteiger charge is 2.37. The van der Waals surface area contributed by atoms with E-state index in [2.05, 4.69) is 39.8 Å². The van der Waals surface area contributed by atoms with Crippen LogP contribution >= 0.6 is 0 Å². The van der Waals surface area contributed by atoms with Crippen LogP contribution in [0, 0.1) is 23.7 Å². The monoisotopic (exact) mass is 483 g/mol. The molecule has 1 saturated heterocycles. The fourth-order valence-electron chi connectivity index (χ4n) is 5.13. The second kappa shape index (κ2) is 14.9. The molecule has 2 rings (SSSR count). The van der Waals surface area contributed by atoms with Crippen molar-refractivity contribution in [2.75, 3.05) is 13.7 Å². The van der Waals surface area contributed by atoms with Crippen LogP contribution in [-0.4, -0.2) is 42.3 Å². The molecule has 4 atom stereocenters. The summed E-state index contributed by atoms with van der Waals surface area (Å²) in [6.07, 6.45) is 10.00. The van der Waals surface area contributed by atoms with Crippen LogP contribution in [0.25, 0.3) is 0 Å². The number of nitrogens with zero attached hydrogens (tertiary/aromatic N) is 1. The number of amides is 1. The number of methoxy groups -OCH3 is 1. The quantitative estimate of drug-likeness (QED) is 0.240. The van der Waals surface area contributed by atoms with Crippen molar-refractivity contribution in [2.24, 2.45) is 23.7 Å². The average Bonchev–Trinajstić information content (AvgIpc) is 3.33. The first-order valence-electron chi connectivity index (χ1n) is 13.4. The third kappa shape index (κ3) is 9.27. The molecule has 5 heteroatoms. The van der Waals surface area contributed by atoms with Gasteiger partial charge in [0.2, 0.25) is 5.91 Å². The Kier molecular flexibility index (Phi) is 12.2. The lowest BCUT2D eigenvalue weighted by molar-refractivity contribution is -0.148. The van der Waals surface area contributed by atoms with Crippen LogP contribution in [-0.2, 0) is 25.5 Å². The van der Waals surface area contributed by atoms with Gasteiger partial charge in [0.05, 0.1) is 25.0 Å². The van der Waals surface area contributed by atoms with Gasteiger partial charge in [0.1, 0.15) is 0 Å². The van der Waals surface area contributed by atoms with Crippen LogP contribution in [0.1, 0.15) is 78.2 Å². The summed E-state index contributed by atoms with van der Waals surface area (Å²) in [4.78, 5) is 41.1. The molecule has 1 aromatic carbocycles. The lowest BCUT2D eigenvalue weighted by Crippen LogP contribution is -2.44. The summed E-state index contributed by atoms with van der Waals surface area (Å²) >= 11 is 0. The fourth-order valence-corrected chi connectivity index (χ4v) is 5.13. The maximum Gasteiger partial charge on any atom is 0.309 e. The zero-order valence-electron chi connectivity index (χ0n) is 22.4. The summed E-state index contributed by atoms with van der Waals surface area (Å²) in [7, 11) is 1.37. The van der Waals surface area contributed by atoms with Crippen molar-refractivity contribution in [3.8, 4) is 0 Å². The van der Waals surface area contributed by atoms with E-state index in [1.165, 1.54) is 7.11 Å². The van der Waals surface area contributed by atoms with Crippen LogP contribution in [0.3, 0.4) is 0 Å². The minimum absolute atomic E-state index is 0.0147. The SMILES string of the molecule is CCCC[C@H](CC(=O)[C@H]1CCCN1C(=O)[C@H](/C=C/[C@@H](C)CC(C)C)Cc1ccccc1)C(=O)OC. The molecule has 1 amide bonds. The van der Waals surface area contributed by atoms with Gasteiger partial charge in [0, 0.05) is 13.0 Å². The second-order valence-corrected chi connectivity index (χ2v) is 10.5. The molecule has 0 unspecified atom stereocenters. The fraction of sp³-hybridized carbons (Fsp3) is 0.633. The first-order chi connectivity index (χ1) is 16.8. The zero-order valence-corrected chi connectivity index (χ0v) is 22.4. The zero-order chi connectivity index (χ0) is 25.8. The highest BCUT2D eigenvalue weighted by molar-refractivity contribution is 5.93. The Bertz CT molecular complexity index is 832. The van der Waals surface area contributed by atoms with E-state index < -0.39 is 12.0 Å². The summed E-state index contributed by atoms with van der Waals surface area (Å²) in [6.45, 7) is 9.26. The van der Waals surface area contributed by atoms with Gasteiger partial charge in [-0.3, -0.25) is 14.4 Å². The Balaban J connectivity index is 2.19. The van der Waals surface area contributed by atoms with Crippen LogP contribution in [0.15, 0.2) is 42.5 Å². The lowest BCUT2D eigenvalue weighted by atomic mass is 9.91. The largest absolute Gasteiger partial charge is 0.469 e. The summed E-state index contributed by atoms with van der Waals surface area (Å²) < 4.78 is 4.95. The van der Waals surface area contributed by atoms with E-state index in [4.69, 9.17) is 4.74 Å². The minimum Gasteiger partial charge on any atom is -0.469 e. The molecule has 0 radical (unpaired) electrons. The molecule has 35 heavy (non-hydrogen) atoms. The number of ketones is 1. The number of likely N-dealkylation sites (tertiary alicyclic amines) is 1. The van der Waals surface area contributed by atoms with Gasteiger partial charge in [-0.15, -0.1) is 0 Å². The van der Waals surface area contributed by atoms with Gasteiger partial charge in [0.15, 0.2) is 5.78 Å². The van der Waals surface area contributed by atoms with Crippen molar-refractivity contribution in [2.45, 2.75) is 85.1 Å². The van der Waals surface area contributed by atoms with Gasteiger partial charge >= 0.3 is 5.97 Å². The van der Waals surface area contributed by atoms with E-state index >= 15 is 0 Å². The van der Waals surface area contributed by atoms with Gasteiger partial charge in [-0.2, -0.15) is 0 Å². The smallest absolute Gasteiger partial charge is 0.309 e. The van der Waals surface area contributed by atoms with E-state index in [1.807, 2.05) is 30.3 Å². The maximum absolute atomic E-state index is 13.8. The molecule has 1 aliphatic rings. The summed E-state index contributed by atoms with van der Waals surface area (Å²) in [6, 6.07) is 9.61. The second-order valence-electron chi connectivity index (χ2n) is 10.5. The third-order valence-corrected chi connectivity index (χ3v) is 6.93. The number of carbonyl (C=O) groups is 3. The number of hydrogen-bond acceptors (Lipinski definition) is 4. The molecule has 0 saturated carbocycles. The molecule has 0 aromatic heterocycles. The topological polar surface area (TPSA) is 63.7 Å². The van der Waals surface area contributed by atoms with Crippen LogP contribution in [0.5, 0.6) is 0 Å². The van der Waals surface area contributed by atoms with Crippen molar-refractivity contribution in [3.63, 3.8) is 0 Å². The molecular formula is C30H45NO4. The standard InChI is InChI=1S/C30H45NO4/c1-6-7-14-26(30(34)35-5)21-28(32)27-15-11-18-31(27)29(33)25(17-16-23(4)19-22(2)3)20-24-12-9-8-10-13-24/h8-10,12-13,16-17,22-23,25-27H,6-7,11,14-15,18-21H2,1-5H3/b17-16+/t23-,25-,26-,27-/m1/s1. The number of carbonyl (C=O) groups excluding carboxylic acids is 3. The molecule has 0 spiro atoms. The van der Waals surface area contributed by atoms with Crippen molar-refractivity contribution in [1.29, 1.82) is 0 Å². The van der Waals surface area contributed by atoms with E-state index in [0.717, 1.165) is 31.2 Å².